The van der Waals surface area contributed by atoms with E-state index in [1.807, 2.05) is 42.5 Å². The lowest BCUT2D eigenvalue weighted by Crippen LogP contribution is -1.97. The van der Waals surface area contributed by atoms with Gasteiger partial charge in [0.1, 0.15) is 12.4 Å². The summed E-state index contributed by atoms with van der Waals surface area (Å²) in [4.78, 5) is 4.54. The highest BCUT2D eigenvalue weighted by molar-refractivity contribution is 7.22. The number of hydrogen-bond donors (Lipinski definition) is 1. The number of halogens is 1. The van der Waals surface area contributed by atoms with Gasteiger partial charge in [-0.1, -0.05) is 23.5 Å². The van der Waals surface area contributed by atoms with Gasteiger partial charge in [0.25, 0.3) is 0 Å². The van der Waals surface area contributed by atoms with Crippen LogP contribution in [0.1, 0.15) is 0 Å². The molecule has 0 bridgehead atoms. The van der Waals surface area contributed by atoms with Gasteiger partial charge < -0.3 is 10.1 Å². The molecule has 5 heteroatoms. The number of aromatic nitrogens is 1. The lowest BCUT2D eigenvalue weighted by Gasteiger charge is -2.06. The number of rotatable bonds is 5. The normalized spacial score (nSPS) is 10.7. The van der Waals surface area contributed by atoms with Crippen molar-refractivity contribution in [2.45, 2.75) is 0 Å². The van der Waals surface area contributed by atoms with Crippen LogP contribution in [0.2, 0.25) is 0 Å². The Hall–Kier alpha value is -1.78. The van der Waals surface area contributed by atoms with Crippen molar-refractivity contribution in [2.24, 2.45) is 0 Å². The number of anilines is 2. The minimum Gasteiger partial charge on any atom is -0.492 e. The first-order valence-corrected chi connectivity index (χ1v) is 7.62. The van der Waals surface area contributed by atoms with Crippen LogP contribution >= 0.6 is 22.9 Å². The summed E-state index contributed by atoms with van der Waals surface area (Å²) in [6.07, 6.45) is 0. The molecule has 0 saturated heterocycles. The molecule has 3 rings (SSSR count). The number of nitrogens with one attached hydrogen (secondary N) is 1. The van der Waals surface area contributed by atoms with Crippen molar-refractivity contribution in [2.75, 3.05) is 17.8 Å². The zero-order chi connectivity index (χ0) is 13.8. The van der Waals surface area contributed by atoms with Crippen LogP contribution in [0.25, 0.3) is 10.2 Å². The van der Waals surface area contributed by atoms with E-state index in [1.165, 1.54) is 4.70 Å². The summed E-state index contributed by atoms with van der Waals surface area (Å²) in [5, 5.41) is 4.19. The second-order valence-corrected chi connectivity index (χ2v) is 5.58. The monoisotopic (exact) mass is 304 g/mol. The molecule has 0 aliphatic rings. The predicted octanol–water partition coefficient (Wildman–Crippen LogP) is 4.66. The van der Waals surface area contributed by atoms with Crippen molar-refractivity contribution in [3.8, 4) is 5.75 Å². The maximum atomic E-state index is 5.58. The molecule has 1 heterocycles. The van der Waals surface area contributed by atoms with Crippen LogP contribution in [0.15, 0.2) is 48.5 Å². The van der Waals surface area contributed by atoms with E-state index in [0.29, 0.717) is 12.5 Å². The van der Waals surface area contributed by atoms with Crippen molar-refractivity contribution >= 4 is 44.0 Å². The van der Waals surface area contributed by atoms with Gasteiger partial charge >= 0.3 is 0 Å². The summed E-state index contributed by atoms with van der Waals surface area (Å²) in [6.45, 7) is 0.520. The number of ether oxygens (including phenoxy) is 1. The molecule has 0 amide bonds. The van der Waals surface area contributed by atoms with Crippen molar-refractivity contribution in [3.05, 3.63) is 48.5 Å². The smallest absolute Gasteiger partial charge is 0.188 e. The number of hydrogen-bond acceptors (Lipinski definition) is 4. The minimum atomic E-state index is 0.492. The predicted molar refractivity (Wildman–Crippen MR) is 85.6 cm³/mol. The molecule has 3 aromatic rings. The van der Waals surface area contributed by atoms with Gasteiger partial charge in [0, 0.05) is 5.69 Å². The Morgan fingerprint density at radius 3 is 2.65 bits per heavy atom. The van der Waals surface area contributed by atoms with Crippen LogP contribution < -0.4 is 10.1 Å². The minimum absolute atomic E-state index is 0.492. The van der Waals surface area contributed by atoms with Gasteiger partial charge in [-0.15, -0.1) is 11.6 Å². The standard InChI is InChI=1S/C15H13ClN2OS/c16-9-10-19-12-7-5-11(6-8-12)17-15-18-13-3-1-2-4-14(13)20-15/h1-8H,9-10H2,(H,17,18). The average molecular weight is 305 g/mol. The van der Waals surface area contributed by atoms with Crippen molar-refractivity contribution in [3.63, 3.8) is 0 Å². The number of para-hydroxylation sites is 1. The number of nitrogens with zero attached hydrogens (tertiary/aromatic N) is 1. The van der Waals surface area contributed by atoms with Gasteiger partial charge in [-0.3, -0.25) is 0 Å². The molecular formula is C15H13ClN2OS. The van der Waals surface area contributed by atoms with E-state index >= 15 is 0 Å². The third-order valence-corrected chi connectivity index (χ3v) is 3.85. The molecule has 0 aliphatic carbocycles. The molecule has 2 aromatic carbocycles. The Labute approximate surface area is 126 Å². The Bertz CT molecular complexity index is 663. The van der Waals surface area contributed by atoms with E-state index in [-0.39, 0.29) is 0 Å². The van der Waals surface area contributed by atoms with Gasteiger partial charge in [0.05, 0.1) is 16.1 Å². The fourth-order valence-electron chi connectivity index (χ4n) is 1.84. The van der Waals surface area contributed by atoms with Gasteiger partial charge in [0.2, 0.25) is 0 Å². The van der Waals surface area contributed by atoms with Crippen LogP contribution in [0, 0.1) is 0 Å². The Balaban J connectivity index is 1.73. The van der Waals surface area contributed by atoms with E-state index in [2.05, 4.69) is 16.4 Å². The number of fused-ring (bicyclic) bond motifs is 1. The molecule has 3 nitrogen and oxygen atoms in total. The molecule has 0 radical (unpaired) electrons. The van der Waals surface area contributed by atoms with Gasteiger partial charge in [-0.2, -0.15) is 0 Å². The fourth-order valence-corrected chi connectivity index (χ4v) is 2.80. The average Bonchev–Trinajstić information content (AvgIpc) is 2.89. The summed E-state index contributed by atoms with van der Waals surface area (Å²) in [6, 6.07) is 15.9. The van der Waals surface area contributed by atoms with Crippen LogP contribution in [0.4, 0.5) is 10.8 Å². The molecule has 0 saturated carbocycles. The van der Waals surface area contributed by atoms with Crippen molar-refractivity contribution in [1.29, 1.82) is 0 Å². The van der Waals surface area contributed by atoms with Crippen LogP contribution in [0.5, 0.6) is 5.75 Å². The van der Waals surface area contributed by atoms with Crippen molar-refractivity contribution < 1.29 is 4.74 Å². The third kappa shape index (κ3) is 3.03. The maximum Gasteiger partial charge on any atom is 0.188 e. The molecule has 1 N–H and O–H groups in total. The summed E-state index contributed by atoms with van der Waals surface area (Å²) < 4.78 is 6.61. The first kappa shape index (κ1) is 13.2. The summed E-state index contributed by atoms with van der Waals surface area (Å²) >= 11 is 7.22. The first-order chi connectivity index (χ1) is 9.85. The van der Waals surface area contributed by atoms with E-state index in [0.717, 1.165) is 22.1 Å². The Morgan fingerprint density at radius 1 is 1.10 bits per heavy atom. The molecule has 1 aromatic heterocycles. The topological polar surface area (TPSA) is 34.1 Å². The van der Waals surface area contributed by atoms with E-state index < -0.39 is 0 Å². The lowest BCUT2D eigenvalue weighted by atomic mass is 10.3. The molecule has 20 heavy (non-hydrogen) atoms. The largest absolute Gasteiger partial charge is 0.492 e. The van der Waals surface area contributed by atoms with Crippen LogP contribution in [-0.4, -0.2) is 17.5 Å². The third-order valence-electron chi connectivity index (χ3n) is 2.75. The maximum absolute atomic E-state index is 5.58. The number of alkyl halides is 1. The second-order valence-electron chi connectivity index (χ2n) is 4.17. The molecule has 0 fully saturated rings. The number of thiazole rings is 1. The van der Waals surface area contributed by atoms with E-state index in [9.17, 15) is 0 Å². The van der Waals surface area contributed by atoms with Gasteiger partial charge in [-0.25, -0.2) is 4.98 Å². The number of benzene rings is 2. The van der Waals surface area contributed by atoms with E-state index in [4.69, 9.17) is 16.3 Å². The molecular weight excluding hydrogens is 292 g/mol. The van der Waals surface area contributed by atoms with Gasteiger partial charge in [0.15, 0.2) is 5.13 Å². The molecule has 0 unspecified atom stereocenters. The van der Waals surface area contributed by atoms with Crippen LogP contribution in [0.3, 0.4) is 0 Å². The Morgan fingerprint density at radius 2 is 1.90 bits per heavy atom. The van der Waals surface area contributed by atoms with Crippen molar-refractivity contribution in [1.82, 2.24) is 4.98 Å². The highest BCUT2D eigenvalue weighted by atomic mass is 35.5. The highest BCUT2D eigenvalue weighted by Crippen LogP contribution is 2.28. The SMILES string of the molecule is ClCCOc1ccc(Nc2nc3ccccc3s2)cc1. The zero-order valence-electron chi connectivity index (χ0n) is 10.7. The molecule has 0 aliphatic heterocycles. The molecule has 0 spiro atoms. The summed E-state index contributed by atoms with van der Waals surface area (Å²) in [5.41, 5.74) is 2.00. The molecule has 102 valence electrons. The first-order valence-electron chi connectivity index (χ1n) is 6.26. The van der Waals surface area contributed by atoms with E-state index in [1.54, 1.807) is 11.3 Å². The second kappa shape index (κ2) is 6.11. The highest BCUT2D eigenvalue weighted by Gasteiger charge is 2.03. The summed E-state index contributed by atoms with van der Waals surface area (Å²) in [5.74, 6) is 1.31. The summed E-state index contributed by atoms with van der Waals surface area (Å²) in [7, 11) is 0. The zero-order valence-corrected chi connectivity index (χ0v) is 12.2. The molecule has 0 atom stereocenters. The Kier molecular flexibility index (Phi) is 4.04. The lowest BCUT2D eigenvalue weighted by molar-refractivity contribution is 0.343. The van der Waals surface area contributed by atoms with Crippen LogP contribution in [-0.2, 0) is 0 Å². The van der Waals surface area contributed by atoms with Gasteiger partial charge in [-0.05, 0) is 36.4 Å². The fraction of sp³-hybridized carbons (Fsp3) is 0.133. The quantitative estimate of drug-likeness (QED) is 0.696.